The van der Waals surface area contributed by atoms with Gasteiger partial charge in [0.1, 0.15) is 5.00 Å². The molecule has 2 N–H and O–H groups in total. The Morgan fingerprint density at radius 3 is 2.96 bits per heavy atom. The number of methoxy groups -OCH3 is 1. The predicted molar refractivity (Wildman–Crippen MR) is 113 cm³/mol. The molecule has 8 heteroatoms. The van der Waals surface area contributed by atoms with Crippen molar-refractivity contribution >= 4 is 39.6 Å². The molecule has 0 spiro atoms. The number of thiophene rings is 1. The van der Waals surface area contributed by atoms with Gasteiger partial charge in [-0.3, -0.25) is 4.68 Å². The maximum absolute atomic E-state index is 12.4. The van der Waals surface area contributed by atoms with E-state index >= 15 is 0 Å². The van der Waals surface area contributed by atoms with E-state index in [9.17, 15) is 4.79 Å². The summed E-state index contributed by atoms with van der Waals surface area (Å²) in [5.74, 6) is 0.338. The Morgan fingerprint density at radius 1 is 1.52 bits per heavy atom. The van der Waals surface area contributed by atoms with E-state index < -0.39 is 0 Å². The first kappa shape index (κ1) is 19.8. The van der Waals surface area contributed by atoms with Crippen molar-refractivity contribution in [3.8, 4) is 0 Å². The predicted octanol–water partition coefficient (Wildman–Crippen LogP) is 3.67. The normalized spacial score (nSPS) is 15.9. The van der Waals surface area contributed by atoms with Crippen LogP contribution in [-0.2, 0) is 30.7 Å². The van der Waals surface area contributed by atoms with Gasteiger partial charge < -0.3 is 15.4 Å². The van der Waals surface area contributed by atoms with Crippen LogP contribution in [0.25, 0.3) is 0 Å². The first-order valence-corrected chi connectivity index (χ1v) is 10.5. The van der Waals surface area contributed by atoms with E-state index in [1.807, 2.05) is 17.8 Å². The molecule has 1 unspecified atom stereocenters. The highest BCUT2D eigenvalue weighted by atomic mass is 32.1. The molecule has 0 aromatic carbocycles. The highest BCUT2D eigenvalue weighted by molar-refractivity contribution is 7.80. The number of aromatic nitrogens is 2. The number of fused-ring (bicyclic) bond motifs is 1. The van der Waals surface area contributed by atoms with E-state index in [0.29, 0.717) is 23.1 Å². The number of rotatable bonds is 5. The summed E-state index contributed by atoms with van der Waals surface area (Å²) in [6.07, 6.45) is 5.03. The van der Waals surface area contributed by atoms with Gasteiger partial charge in [-0.1, -0.05) is 6.92 Å². The Kier molecular flexibility index (Phi) is 6.16. The van der Waals surface area contributed by atoms with Crippen molar-refractivity contribution in [2.45, 2.75) is 53.1 Å². The molecule has 0 bridgehead atoms. The lowest BCUT2D eigenvalue weighted by Crippen LogP contribution is -2.28. The summed E-state index contributed by atoms with van der Waals surface area (Å²) in [4.78, 5) is 13.6. The molecule has 2 aromatic heterocycles. The van der Waals surface area contributed by atoms with Crippen LogP contribution in [-0.4, -0.2) is 28.0 Å². The average molecular weight is 407 g/mol. The summed E-state index contributed by atoms with van der Waals surface area (Å²) in [5.41, 5.74) is 3.86. The van der Waals surface area contributed by atoms with Gasteiger partial charge in [0.05, 0.1) is 18.4 Å². The third kappa shape index (κ3) is 4.32. The van der Waals surface area contributed by atoms with Crippen LogP contribution in [0.4, 0.5) is 5.00 Å². The molecule has 1 atom stereocenters. The van der Waals surface area contributed by atoms with Gasteiger partial charge in [-0.2, -0.15) is 5.10 Å². The van der Waals surface area contributed by atoms with Crippen molar-refractivity contribution in [2.75, 3.05) is 12.4 Å². The number of carbonyl (C=O) groups excluding carboxylic acids is 1. The van der Waals surface area contributed by atoms with Gasteiger partial charge in [0, 0.05) is 29.7 Å². The first-order valence-electron chi connectivity index (χ1n) is 9.23. The standard InChI is InChI=1S/C19H26N4O2S2/c1-5-23-10-13(12(3)22-23)9-20-19(26)21-17-16(18(24)25-4)14-7-6-11(2)8-15(14)27-17/h10-11H,5-9H2,1-4H3,(H2,20,21,26). The smallest absolute Gasteiger partial charge is 0.341 e. The van der Waals surface area contributed by atoms with Crippen LogP contribution in [0.3, 0.4) is 0 Å². The van der Waals surface area contributed by atoms with E-state index in [-0.39, 0.29) is 5.97 Å². The highest BCUT2D eigenvalue weighted by Gasteiger charge is 2.28. The van der Waals surface area contributed by atoms with Crippen LogP contribution in [0.1, 0.15) is 52.3 Å². The Hall–Kier alpha value is -1.93. The molecule has 146 valence electrons. The van der Waals surface area contributed by atoms with Crippen LogP contribution >= 0.6 is 23.6 Å². The molecule has 1 aliphatic rings. The second kappa shape index (κ2) is 8.39. The summed E-state index contributed by atoms with van der Waals surface area (Å²) in [6, 6.07) is 0. The quantitative estimate of drug-likeness (QED) is 0.583. The molecule has 27 heavy (non-hydrogen) atoms. The number of esters is 1. The Bertz CT molecular complexity index is 856. The molecule has 0 amide bonds. The van der Waals surface area contributed by atoms with Gasteiger partial charge in [0.2, 0.25) is 0 Å². The van der Waals surface area contributed by atoms with Crippen molar-refractivity contribution in [1.29, 1.82) is 0 Å². The minimum Gasteiger partial charge on any atom is -0.465 e. The van der Waals surface area contributed by atoms with Gasteiger partial charge in [-0.15, -0.1) is 11.3 Å². The second-order valence-electron chi connectivity index (χ2n) is 6.95. The van der Waals surface area contributed by atoms with Gasteiger partial charge in [0.25, 0.3) is 0 Å². The Labute approximate surface area is 169 Å². The zero-order valence-electron chi connectivity index (χ0n) is 16.2. The minimum atomic E-state index is -0.299. The van der Waals surface area contributed by atoms with Crippen molar-refractivity contribution < 1.29 is 9.53 Å². The minimum absolute atomic E-state index is 0.299. The monoisotopic (exact) mass is 406 g/mol. The molecular formula is C19H26N4O2S2. The van der Waals surface area contributed by atoms with Crippen molar-refractivity contribution in [3.63, 3.8) is 0 Å². The largest absolute Gasteiger partial charge is 0.465 e. The average Bonchev–Trinajstić information content (AvgIpc) is 3.18. The van der Waals surface area contributed by atoms with E-state index in [1.54, 1.807) is 11.3 Å². The van der Waals surface area contributed by atoms with Gasteiger partial charge >= 0.3 is 5.97 Å². The van der Waals surface area contributed by atoms with Gasteiger partial charge in [-0.25, -0.2) is 4.79 Å². The van der Waals surface area contributed by atoms with Crippen molar-refractivity contribution in [1.82, 2.24) is 15.1 Å². The number of nitrogens with one attached hydrogen (secondary N) is 2. The fraction of sp³-hybridized carbons (Fsp3) is 0.526. The van der Waals surface area contributed by atoms with E-state index in [4.69, 9.17) is 17.0 Å². The molecule has 0 fully saturated rings. The lowest BCUT2D eigenvalue weighted by molar-refractivity contribution is 0.0601. The highest BCUT2D eigenvalue weighted by Crippen LogP contribution is 2.40. The molecule has 2 aromatic rings. The number of nitrogens with zero attached hydrogens (tertiary/aromatic N) is 2. The number of thiocarbonyl (C=S) groups is 1. The number of ether oxygens (including phenoxy) is 1. The van der Waals surface area contributed by atoms with Gasteiger partial charge in [-0.05, 0) is 56.8 Å². The lowest BCUT2D eigenvalue weighted by atomic mass is 9.88. The molecule has 0 aliphatic heterocycles. The van der Waals surface area contributed by atoms with E-state index in [0.717, 1.165) is 47.6 Å². The van der Waals surface area contributed by atoms with Crippen LogP contribution in [0.15, 0.2) is 6.20 Å². The maximum atomic E-state index is 12.4. The maximum Gasteiger partial charge on any atom is 0.341 e. The van der Waals surface area contributed by atoms with Crippen LogP contribution in [0.2, 0.25) is 0 Å². The number of aryl methyl sites for hydroxylation is 2. The first-order chi connectivity index (χ1) is 12.9. The summed E-state index contributed by atoms with van der Waals surface area (Å²) >= 11 is 7.08. The topological polar surface area (TPSA) is 68.2 Å². The Balaban J connectivity index is 1.73. The Morgan fingerprint density at radius 2 is 2.30 bits per heavy atom. The molecule has 0 saturated heterocycles. The van der Waals surface area contributed by atoms with E-state index in [2.05, 4.69) is 29.6 Å². The van der Waals surface area contributed by atoms with Crippen molar-refractivity contribution in [3.05, 3.63) is 33.5 Å². The summed E-state index contributed by atoms with van der Waals surface area (Å²) in [6.45, 7) is 7.73. The molecule has 2 heterocycles. The molecule has 3 rings (SSSR count). The molecule has 1 aliphatic carbocycles. The van der Waals surface area contributed by atoms with Crippen LogP contribution in [0, 0.1) is 12.8 Å². The van der Waals surface area contributed by atoms with Crippen LogP contribution < -0.4 is 10.6 Å². The number of anilines is 1. The third-order valence-corrected chi connectivity index (χ3v) is 6.36. The number of carbonyl (C=O) groups is 1. The summed E-state index contributed by atoms with van der Waals surface area (Å²) < 4.78 is 6.93. The SMILES string of the molecule is CCn1cc(CNC(=S)Nc2sc3c(c2C(=O)OC)CCC(C)C3)c(C)n1. The summed E-state index contributed by atoms with van der Waals surface area (Å²) in [5, 5.41) is 12.2. The second-order valence-corrected chi connectivity index (χ2v) is 8.46. The molecular weight excluding hydrogens is 380 g/mol. The van der Waals surface area contributed by atoms with Crippen molar-refractivity contribution in [2.24, 2.45) is 5.92 Å². The number of hydrogen-bond acceptors (Lipinski definition) is 5. The zero-order chi connectivity index (χ0) is 19.6. The van der Waals surface area contributed by atoms with E-state index in [1.165, 1.54) is 12.0 Å². The fourth-order valence-electron chi connectivity index (χ4n) is 3.37. The fourth-order valence-corrected chi connectivity index (χ4v) is 5.02. The zero-order valence-corrected chi connectivity index (χ0v) is 17.9. The molecule has 6 nitrogen and oxygen atoms in total. The lowest BCUT2D eigenvalue weighted by Gasteiger charge is -2.18. The van der Waals surface area contributed by atoms with Crippen LogP contribution in [0.5, 0.6) is 0 Å². The third-order valence-electron chi connectivity index (χ3n) is 4.94. The van der Waals surface area contributed by atoms with Gasteiger partial charge in [0.15, 0.2) is 5.11 Å². The molecule has 0 radical (unpaired) electrons. The summed E-state index contributed by atoms with van der Waals surface area (Å²) in [7, 11) is 1.42. The molecule has 0 saturated carbocycles. The number of hydrogen-bond donors (Lipinski definition) is 2.